The van der Waals surface area contributed by atoms with Gasteiger partial charge in [0, 0.05) is 0 Å². The number of nitrogens with one attached hydrogen (secondary N) is 2. The van der Waals surface area contributed by atoms with Gasteiger partial charge in [0.2, 0.25) is 15.9 Å². The van der Waals surface area contributed by atoms with E-state index in [1.54, 1.807) is 24.3 Å². The van der Waals surface area contributed by atoms with Crippen molar-refractivity contribution < 1.29 is 31.1 Å². The third kappa shape index (κ3) is 5.96. The molecule has 6 nitrogen and oxygen atoms in total. The molecule has 152 valence electrons. The third-order valence-corrected chi connectivity index (χ3v) is 4.82. The lowest BCUT2D eigenvalue weighted by atomic mass is 10.2. The number of para-hydroxylation sites is 2. The molecule has 0 bridgehead atoms. The molecule has 2 aromatic carbocycles. The van der Waals surface area contributed by atoms with Crippen molar-refractivity contribution in [2.45, 2.75) is 31.0 Å². The molecule has 2 rings (SSSR count). The van der Waals surface area contributed by atoms with Crippen molar-refractivity contribution in [2.75, 3.05) is 11.9 Å². The number of hydrogen-bond acceptors (Lipinski definition) is 4. The minimum atomic E-state index is -4.68. The van der Waals surface area contributed by atoms with Crippen LogP contribution in [0, 0.1) is 0 Å². The summed E-state index contributed by atoms with van der Waals surface area (Å²) in [5.74, 6) is -0.290. The second-order valence-corrected chi connectivity index (χ2v) is 7.83. The summed E-state index contributed by atoms with van der Waals surface area (Å²) in [5, 5.41) is 2.50. The van der Waals surface area contributed by atoms with E-state index in [4.69, 9.17) is 4.74 Å². The highest BCUT2D eigenvalue weighted by atomic mass is 32.2. The summed E-state index contributed by atoms with van der Waals surface area (Å²) < 4.78 is 70.2. The predicted octanol–water partition coefficient (Wildman–Crippen LogP) is 3.41. The normalized spacial score (nSPS) is 12.1. The first-order chi connectivity index (χ1) is 13.0. The Kier molecular flexibility index (Phi) is 6.68. The molecular formula is C18H19F3N2O4S. The molecule has 2 N–H and O–H groups in total. The summed E-state index contributed by atoms with van der Waals surface area (Å²) in [7, 11) is -4.30. The lowest BCUT2D eigenvalue weighted by molar-refractivity contribution is -0.137. The summed E-state index contributed by atoms with van der Waals surface area (Å²) in [5.41, 5.74) is -0.751. The molecule has 10 heteroatoms. The van der Waals surface area contributed by atoms with Gasteiger partial charge in [-0.25, -0.2) is 13.1 Å². The van der Waals surface area contributed by atoms with E-state index in [1.165, 1.54) is 0 Å². The van der Waals surface area contributed by atoms with Crippen molar-refractivity contribution >= 4 is 21.6 Å². The van der Waals surface area contributed by atoms with Crippen molar-refractivity contribution in [3.05, 3.63) is 54.1 Å². The van der Waals surface area contributed by atoms with Gasteiger partial charge in [-0.1, -0.05) is 18.2 Å². The number of hydrogen-bond donors (Lipinski definition) is 2. The van der Waals surface area contributed by atoms with E-state index in [0.717, 1.165) is 18.2 Å². The molecule has 0 saturated heterocycles. The highest BCUT2D eigenvalue weighted by Crippen LogP contribution is 2.30. The van der Waals surface area contributed by atoms with Crippen LogP contribution in [0.5, 0.6) is 5.75 Å². The van der Waals surface area contributed by atoms with Crippen LogP contribution in [0.15, 0.2) is 53.4 Å². The Labute approximate surface area is 160 Å². The van der Waals surface area contributed by atoms with Gasteiger partial charge >= 0.3 is 6.18 Å². The first-order valence-electron chi connectivity index (χ1n) is 8.21. The molecule has 0 aliphatic heterocycles. The average molecular weight is 416 g/mol. The molecule has 0 saturated carbocycles. The second kappa shape index (κ2) is 8.61. The maximum atomic E-state index is 12.7. The van der Waals surface area contributed by atoms with Crippen LogP contribution in [-0.4, -0.2) is 27.0 Å². The van der Waals surface area contributed by atoms with Gasteiger partial charge in [0.25, 0.3) is 0 Å². The van der Waals surface area contributed by atoms with Crippen molar-refractivity contribution in [3.8, 4) is 5.75 Å². The number of anilines is 1. The molecule has 1 amide bonds. The van der Waals surface area contributed by atoms with Crippen LogP contribution in [0.3, 0.4) is 0 Å². The number of carbonyl (C=O) groups is 1. The predicted molar refractivity (Wildman–Crippen MR) is 97.5 cm³/mol. The van der Waals surface area contributed by atoms with Gasteiger partial charge in [-0.2, -0.15) is 13.2 Å². The summed E-state index contributed by atoms with van der Waals surface area (Å²) in [6.07, 6.45) is -4.82. The minimum Gasteiger partial charge on any atom is -0.489 e. The Hall–Kier alpha value is -2.59. The highest BCUT2D eigenvalue weighted by molar-refractivity contribution is 7.89. The zero-order valence-corrected chi connectivity index (χ0v) is 15.9. The quantitative estimate of drug-likeness (QED) is 0.725. The van der Waals surface area contributed by atoms with E-state index in [9.17, 15) is 26.4 Å². The zero-order chi connectivity index (χ0) is 20.9. The highest BCUT2D eigenvalue weighted by Gasteiger charge is 2.31. The maximum absolute atomic E-state index is 12.7. The Bertz CT molecular complexity index is 944. The molecule has 0 aromatic heterocycles. The average Bonchev–Trinajstić information content (AvgIpc) is 2.61. The van der Waals surface area contributed by atoms with Crippen LogP contribution < -0.4 is 14.8 Å². The van der Waals surface area contributed by atoms with E-state index in [2.05, 4.69) is 5.32 Å². The summed E-state index contributed by atoms with van der Waals surface area (Å²) in [6.45, 7) is 2.96. The zero-order valence-electron chi connectivity index (χ0n) is 15.1. The molecule has 0 aliphatic rings. The Morgan fingerprint density at radius 3 is 2.43 bits per heavy atom. The Balaban J connectivity index is 2.07. The first-order valence-corrected chi connectivity index (χ1v) is 9.70. The van der Waals surface area contributed by atoms with Gasteiger partial charge in [-0.3, -0.25) is 4.79 Å². The molecule has 0 radical (unpaired) electrons. The number of carbonyl (C=O) groups excluding carboxylic acids is 1. The fourth-order valence-electron chi connectivity index (χ4n) is 2.20. The number of alkyl halides is 3. The number of benzene rings is 2. The van der Waals surface area contributed by atoms with E-state index in [-0.39, 0.29) is 6.10 Å². The molecular weight excluding hydrogens is 397 g/mol. The van der Waals surface area contributed by atoms with Crippen molar-refractivity contribution in [1.29, 1.82) is 0 Å². The first kappa shape index (κ1) is 21.7. The maximum Gasteiger partial charge on any atom is 0.416 e. The topological polar surface area (TPSA) is 84.5 Å². The molecule has 2 aromatic rings. The lowest BCUT2D eigenvalue weighted by Crippen LogP contribution is -2.33. The SMILES string of the molecule is CC(C)Oc1ccccc1NC(=O)CNS(=O)(=O)c1cccc(C(F)(F)F)c1. The van der Waals surface area contributed by atoms with E-state index >= 15 is 0 Å². The monoisotopic (exact) mass is 416 g/mol. The molecule has 0 heterocycles. The van der Waals surface area contributed by atoms with Crippen LogP contribution in [0.25, 0.3) is 0 Å². The molecule has 0 spiro atoms. The number of halogens is 3. The Morgan fingerprint density at radius 2 is 1.79 bits per heavy atom. The van der Waals surface area contributed by atoms with Crippen LogP contribution in [-0.2, 0) is 21.0 Å². The minimum absolute atomic E-state index is 0.141. The summed E-state index contributed by atoms with van der Waals surface area (Å²) in [4.78, 5) is 11.5. The summed E-state index contributed by atoms with van der Waals surface area (Å²) >= 11 is 0. The van der Waals surface area contributed by atoms with E-state index in [1.807, 2.05) is 18.6 Å². The Morgan fingerprint density at radius 1 is 1.11 bits per heavy atom. The van der Waals surface area contributed by atoms with E-state index in [0.29, 0.717) is 17.5 Å². The van der Waals surface area contributed by atoms with Crippen LogP contribution in [0.2, 0.25) is 0 Å². The number of rotatable bonds is 7. The molecule has 28 heavy (non-hydrogen) atoms. The fourth-order valence-corrected chi connectivity index (χ4v) is 3.23. The van der Waals surface area contributed by atoms with E-state index < -0.39 is 39.1 Å². The number of sulfonamides is 1. The van der Waals surface area contributed by atoms with Gasteiger partial charge in [0.05, 0.1) is 28.8 Å². The second-order valence-electron chi connectivity index (χ2n) is 6.06. The van der Waals surface area contributed by atoms with Gasteiger partial charge in [0.1, 0.15) is 5.75 Å². The van der Waals surface area contributed by atoms with Crippen molar-refractivity contribution in [1.82, 2.24) is 4.72 Å². The molecule has 0 aliphatic carbocycles. The van der Waals surface area contributed by atoms with Crippen LogP contribution in [0.4, 0.5) is 18.9 Å². The van der Waals surface area contributed by atoms with Crippen LogP contribution >= 0.6 is 0 Å². The molecule has 0 atom stereocenters. The largest absolute Gasteiger partial charge is 0.489 e. The van der Waals surface area contributed by atoms with Gasteiger partial charge in [-0.05, 0) is 44.2 Å². The van der Waals surface area contributed by atoms with Gasteiger partial charge in [-0.15, -0.1) is 0 Å². The number of ether oxygens (including phenoxy) is 1. The smallest absolute Gasteiger partial charge is 0.416 e. The number of amides is 1. The summed E-state index contributed by atoms with van der Waals surface area (Å²) in [6, 6.07) is 9.86. The van der Waals surface area contributed by atoms with Crippen molar-refractivity contribution in [2.24, 2.45) is 0 Å². The van der Waals surface area contributed by atoms with Gasteiger partial charge in [0.15, 0.2) is 0 Å². The van der Waals surface area contributed by atoms with Crippen molar-refractivity contribution in [3.63, 3.8) is 0 Å². The third-order valence-electron chi connectivity index (χ3n) is 3.42. The molecule has 0 fully saturated rings. The lowest BCUT2D eigenvalue weighted by Gasteiger charge is -2.15. The fraction of sp³-hybridized carbons (Fsp3) is 0.278. The molecule has 0 unspecified atom stereocenters. The van der Waals surface area contributed by atoms with Gasteiger partial charge < -0.3 is 10.1 Å². The van der Waals surface area contributed by atoms with Crippen LogP contribution in [0.1, 0.15) is 19.4 Å². The standard InChI is InChI=1S/C18H19F3N2O4S/c1-12(2)27-16-9-4-3-8-15(16)23-17(24)11-22-28(25,26)14-7-5-6-13(10-14)18(19,20)21/h3-10,12,22H,11H2,1-2H3,(H,23,24).